The van der Waals surface area contributed by atoms with E-state index in [-0.39, 0.29) is 17.3 Å². The molecular weight excluding hydrogens is 266 g/mol. The van der Waals surface area contributed by atoms with Crippen molar-refractivity contribution in [1.29, 1.82) is 0 Å². The molecule has 1 aromatic carbocycles. The molecule has 0 saturated heterocycles. The molecule has 0 unspecified atom stereocenters. The molecular formula is C17H21NO3. The molecule has 1 aromatic heterocycles. The third-order valence-electron chi connectivity index (χ3n) is 3.52. The summed E-state index contributed by atoms with van der Waals surface area (Å²) in [6.07, 6.45) is -0.236. The van der Waals surface area contributed by atoms with E-state index in [1.165, 1.54) is 0 Å². The number of pyridine rings is 1. The summed E-state index contributed by atoms with van der Waals surface area (Å²) in [6, 6.07) is 7.39. The van der Waals surface area contributed by atoms with E-state index in [4.69, 9.17) is 5.11 Å². The molecule has 2 aromatic rings. The van der Waals surface area contributed by atoms with Crippen molar-refractivity contribution in [1.82, 2.24) is 4.57 Å². The second-order valence-corrected chi connectivity index (χ2v) is 6.63. The van der Waals surface area contributed by atoms with E-state index in [0.717, 1.165) is 17.8 Å². The molecule has 0 spiro atoms. The van der Waals surface area contributed by atoms with Gasteiger partial charge in [-0.3, -0.25) is 9.59 Å². The largest absolute Gasteiger partial charge is 0.481 e. The predicted octanol–water partition coefficient (Wildman–Crippen LogP) is 2.98. The highest BCUT2D eigenvalue weighted by molar-refractivity contribution is 5.82. The lowest BCUT2D eigenvalue weighted by atomic mass is 9.95. The Morgan fingerprint density at radius 1 is 1.24 bits per heavy atom. The molecule has 4 nitrogen and oxygen atoms in total. The van der Waals surface area contributed by atoms with Crippen LogP contribution in [0.4, 0.5) is 0 Å². The number of para-hydroxylation sites is 1. The average Bonchev–Trinajstić information content (AvgIpc) is 2.38. The van der Waals surface area contributed by atoms with Gasteiger partial charge in [0.15, 0.2) is 5.43 Å². The lowest BCUT2D eigenvalue weighted by Gasteiger charge is -2.25. The number of aliphatic carboxylic acids is 1. The van der Waals surface area contributed by atoms with E-state index < -0.39 is 5.97 Å². The standard InChI is InChI=1S/C17H21NO3/c1-11-13(9-15(19)20)16(21)12-7-5-6-8-14(12)18(11)10-17(2,3)4/h5-8H,9-10H2,1-4H3,(H,19,20). The Kier molecular flexibility index (Phi) is 3.90. The van der Waals surface area contributed by atoms with Gasteiger partial charge < -0.3 is 9.67 Å². The minimum absolute atomic E-state index is 0.0308. The maximum absolute atomic E-state index is 12.5. The normalized spacial score (nSPS) is 11.8. The highest BCUT2D eigenvalue weighted by Crippen LogP contribution is 2.23. The van der Waals surface area contributed by atoms with Gasteiger partial charge in [0.1, 0.15) is 0 Å². The Balaban J connectivity index is 2.81. The van der Waals surface area contributed by atoms with E-state index >= 15 is 0 Å². The summed E-state index contributed by atoms with van der Waals surface area (Å²) in [4.78, 5) is 23.6. The third kappa shape index (κ3) is 3.15. The number of hydrogen-bond acceptors (Lipinski definition) is 2. The molecule has 0 aliphatic heterocycles. The van der Waals surface area contributed by atoms with Gasteiger partial charge in [0.25, 0.3) is 0 Å². The number of aromatic nitrogens is 1. The van der Waals surface area contributed by atoms with Gasteiger partial charge in [-0.25, -0.2) is 0 Å². The van der Waals surface area contributed by atoms with Crippen molar-refractivity contribution >= 4 is 16.9 Å². The van der Waals surface area contributed by atoms with Crippen molar-refractivity contribution in [3.05, 3.63) is 45.7 Å². The van der Waals surface area contributed by atoms with Crippen molar-refractivity contribution in [2.24, 2.45) is 5.41 Å². The second-order valence-electron chi connectivity index (χ2n) is 6.63. The molecule has 21 heavy (non-hydrogen) atoms. The lowest BCUT2D eigenvalue weighted by Crippen LogP contribution is -2.25. The average molecular weight is 287 g/mol. The van der Waals surface area contributed by atoms with Gasteiger partial charge in [0.05, 0.1) is 11.9 Å². The number of benzene rings is 1. The molecule has 0 amide bonds. The molecule has 0 fully saturated rings. The first-order valence-corrected chi connectivity index (χ1v) is 7.03. The molecule has 112 valence electrons. The van der Waals surface area contributed by atoms with Crippen LogP contribution in [0.3, 0.4) is 0 Å². The molecule has 1 N–H and O–H groups in total. The van der Waals surface area contributed by atoms with Gasteiger partial charge in [-0.05, 0) is 24.5 Å². The first-order valence-electron chi connectivity index (χ1n) is 7.03. The highest BCUT2D eigenvalue weighted by atomic mass is 16.4. The van der Waals surface area contributed by atoms with Crippen LogP contribution in [0.15, 0.2) is 29.1 Å². The maximum atomic E-state index is 12.5. The van der Waals surface area contributed by atoms with Crippen LogP contribution >= 0.6 is 0 Å². The predicted molar refractivity (Wildman–Crippen MR) is 83.7 cm³/mol. The summed E-state index contributed by atoms with van der Waals surface area (Å²) >= 11 is 0. The summed E-state index contributed by atoms with van der Waals surface area (Å²) in [7, 11) is 0. The Morgan fingerprint density at radius 3 is 2.43 bits per heavy atom. The van der Waals surface area contributed by atoms with Crippen LogP contribution in [0.5, 0.6) is 0 Å². The van der Waals surface area contributed by atoms with Gasteiger partial charge in [-0.15, -0.1) is 0 Å². The number of nitrogens with zero attached hydrogens (tertiary/aromatic N) is 1. The molecule has 0 atom stereocenters. The fraction of sp³-hybridized carbons (Fsp3) is 0.412. The van der Waals surface area contributed by atoms with E-state index in [1.807, 2.05) is 25.1 Å². The summed E-state index contributed by atoms with van der Waals surface area (Å²) in [5.41, 5.74) is 1.85. The first-order chi connectivity index (χ1) is 9.70. The van der Waals surface area contributed by atoms with Crippen molar-refractivity contribution in [3.63, 3.8) is 0 Å². The number of fused-ring (bicyclic) bond motifs is 1. The van der Waals surface area contributed by atoms with Crippen LogP contribution in [-0.2, 0) is 17.8 Å². The summed E-state index contributed by atoms with van der Waals surface area (Å²) in [5.74, 6) is -0.979. The minimum Gasteiger partial charge on any atom is -0.481 e. The third-order valence-corrected chi connectivity index (χ3v) is 3.52. The Bertz CT molecular complexity index is 751. The molecule has 2 rings (SSSR count). The zero-order valence-electron chi connectivity index (χ0n) is 12.9. The Labute approximate surface area is 124 Å². The number of hydrogen-bond donors (Lipinski definition) is 1. The topological polar surface area (TPSA) is 59.3 Å². The summed E-state index contributed by atoms with van der Waals surface area (Å²) in [5, 5.41) is 9.65. The van der Waals surface area contributed by atoms with Crippen LogP contribution in [0, 0.1) is 12.3 Å². The Morgan fingerprint density at radius 2 is 1.86 bits per heavy atom. The number of carbonyl (C=O) groups is 1. The van der Waals surface area contributed by atoms with Crippen molar-refractivity contribution in [2.45, 2.75) is 40.7 Å². The van der Waals surface area contributed by atoms with Gasteiger partial charge in [0, 0.05) is 23.2 Å². The SMILES string of the molecule is Cc1c(CC(=O)O)c(=O)c2ccccc2n1CC(C)(C)C. The zero-order valence-corrected chi connectivity index (χ0v) is 12.9. The van der Waals surface area contributed by atoms with Crippen LogP contribution in [0.25, 0.3) is 10.9 Å². The van der Waals surface area contributed by atoms with E-state index in [2.05, 4.69) is 25.3 Å². The van der Waals surface area contributed by atoms with Crippen molar-refractivity contribution in [2.75, 3.05) is 0 Å². The molecule has 0 radical (unpaired) electrons. The van der Waals surface area contributed by atoms with E-state index in [9.17, 15) is 9.59 Å². The molecule has 4 heteroatoms. The van der Waals surface area contributed by atoms with Crippen molar-refractivity contribution in [3.8, 4) is 0 Å². The quantitative estimate of drug-likeness (QED) is 0.944. The monoisotopic (exact) mass is 287 g/mol. The summed E-state index contributed by atoms with van der Waals surface area (Å²) in [6.45, 7) is 8.92. The summed E-state index contributed by atoms with van der Waals surface area (Å²) < 4.78 is 2.06. The van der Waals surface area contributed by atoms with Crippen LogP contribution in [0.1, 0.15) is 32.0 Å². The van der Waals surface area contributed by atoms with Crippen LogP contribution in [-0.4, -0.2) is 15.6 Å². The van der Waals surface area contributed by atoms with Gasteiger partial charge in [-0.2, -0.15) is 0 Å². The fourth-order valence-electron chi connectivity index (χ4n) is 2.61. The number of rotatable bonds is 3. The molecule has 1 heterocycles. The number of carboxylic acid groups (broad SMARTS) is 1. The molecule has 0 aliphatic rings. The smallest absolute Gasteiger partial charge is 0.308 e. The van der Waals surface area contributed by atoms with E-state index in [1.54, 1.807) is 6.07 Å². The minimum atomic E-state index is -0.979. The van der Waals surface area contributed by atoms with E-state index in [0.29, 0.717) is 10.9 Å². The fourth-order valence-corrected chi connectivity index (χ4v) is 2.61. The Hall–Kier alpha value is -2.10. The van der Waals surface area contributed by atoms with Gasteiger partial charge in [0.2, 0.25) is 0 Å². The maximum Gasteiger partial charge on any atom is 0.308 e. The first kappa shape index (κ1) is 15.3. The van der Waals surface area contributed by atoms with Gasteiger partial charge >= 0.3 is 5.97 Å². The zero-order chi connectivity index (χ0) is 15.8. The van der Waals surface area contributed by atoms with Crippen LogP contribution in [0.2, 0.25) is 0 Å². The highest BCUT2D eigenvalue weighted by Gasteiger charge is 2.19. The molecule has 0 aliphatic carbocycles. The second kappa shape index (κ2) is 5.35. The molecule has 0 bridgehead atoms. The van der Waals surface area contributed by atoms with Crippen molar-refractivity contribution < 1.29 is 9.90 Å². The lowest BCUT2D eigenvalue weighted by molar-refractivity contribution is -0.136. The van der Waals surface area contributed by atoms with Crippen LogP contribution < -0.4 is 5.43 Å². The molecule has 0 saturated carbocycles. The van der Waals surface area contributed by atoms with Gasteiger partial charge in [-0.1, -0.05) is 32.9 Å². The number of carboxylic acids is 1.